The lowest BCUT2D eigenvalue weighted by atomic mass is 9.97. The van der Waals surface area contributed by atoms with Gasteiger partial charge in [0.1, 0.15) is 0 Å². The van der Waals surface area contributed by atoms with Gasteiger partial charge in [-0.05, 0) is 36.5 Å². The molecule has 2 aliphatic rings. The zero-order chi connectivity index (χ0) is 13.5. The quantitative estimate of drug-likeness (QED) is 0.894. The lowest BCUT2D eigenvalue weighted by Gasteiger charge is -2.31. The summed E-state index contributed by atoms with van der Waals surface area (Å²) in [6.45, 7) is 1.06. The molecule has 0 bridgehead atoms. The number of carbonyl (C=O) groups is 1. The summed E-state index contributed by atoms with van der Waals surface area (Å²) in [7, 11) is 0. The molecule has 1 aromatic carbocycles. The number of carbonyl (C=O) groups excluding carboxylic acids is 1. The minimum Gasteiger partial charge on any atom is -0.326 e. The Hall–Kier alpha value is -1.86. The van der Waals surface area contributed by atoms with Crippen LogP contribution in [0, 0.1) is 16.7 Å². The highest BCUT2D eigenvalue weighted by molar-refractivity contribution is 5.96. The van der Waals surface area contributed by atoms with Gasteiger partial charge in [0.15, 0.2) is 0 Å². The maximum Gasteiger partial charge on any atom is 0.227 e. The molecular formula is C15H17N3O. The van der Waals surface area contributed by atoms with Gasteiger partial charge in [-0.3, -0.25) is 4.79 Å². The number of hydrogen-bond donors (Lipinski definition) is 1. The summed E-state index contributed by atoms with van der Waals surface area (Å²) in [5.74, 6) is 0.134. The van der Waals surface area contributed by atoms with Crippen LogP contribution in [0.4, 0.5) is 5.69 Å². The topological polar surface area (TPSA) is 70.1 Å². The summed E-state index contributed by atoms with van der Waals surface area (Å²) >= 11 is 0. The molecule has 0 spiro atoms. The van der Waals surface area contributed by atoms with Gasteiger partial charge in [-0.2, -0.15) is 5.26 Å². The zero-order valence-electron chi connectivity index (χ0n) is 10.9. The van der Waals surface area contributed by atoms with E-state index < -0.39 is 0 Å². The molecule has 1 heterocycles. The number of nitriles is 1. The van der Waals surface area contributed by atoms with Gasteiger partial charge < -0.3 is 10.6 Å². The Morgan fingerprint density at radius 1 is 1.37 bits per heavy atom. The van der Waals surface area contributed by atoms with E-state index in [-0.39, 0.29) is 11.3 Å². The number of anilines is 1. The molecule has 98 valence electrons. The second kappa shape index (κ2) is 4.36. The Morgan fingerprint density at radius 3 is 2.79 bits per heavy atom. The lowest BCUT2D eigenvalue weighted by molar-refractivity contribution is -0.119. The number of fused-ring (bicyclic) bond motifs is 1. The predicted molar refractivity (Wildman–Crippen MR) is 72.3 cm³/mol. The minimum atomic E-state index is -0.295. The molecule has 0 radical (unpaired) electrons. The monoisotopic (exact) mass is 255 g/mol. The number of rotatable bonds is 3. The molecular weight excluding hydrogens is 238 g/mol. The molecule has 1 fully saturated rings. The lowest BCUT2D eigenvalue weighted by Crippen LogP contribution is -2.39. The number of nitrogens with zero attached hydrogens (tertiary/aromatic N) is 2. The van der Waals surface area contributed by atoms with Crippen molar-refractivity contribution in [3.8, 4) is 6.07 Å². The standard InChI is InChI=1S/C15H17N3O/c16-8-11-1-3-13-12(7-11)2-4-14(19)18(13)10-15(9-17)5-6-15/h1,3,7H,2,4-6,8,10,16H2. The summed E-state index contributed by atoms with van der Waals surface area (Å²) in [6, 6.07) is 8.39. The van der Waals surface area contributed by atoms with Gasteiger partial charge in [0.2, 0.25) is 5.91 Å². The van der Waals surface area contributed by atoms with Crippen LogP contribution in [0.3, 0.4) is 0 Å². The Kier molecular flexibility index (Phi) is 2.79. The Labute approximate surface area is 112 Å². The van der Waals surface area contributed by atoms with Gasteiger partial charge in [-0.1, -0.05) is 12.1 Å². The molecule has 1 aromatic rings. The first-order valence-corrected chi connectivity index (χ1v) is 6.71. The fraction of sp³-hybridized carbons (Fsp3) is 0.467. The first-order chi connectivity index (χ1) is 9.17. The highest BCUT2D eigenvalue weighted by Gasteiger charge is 2.46. The molecule has 0 unspecified atom stereocenters. The Balaban J connectivity index is 1.93. The number of aryl methyl sites for hydroxylation is 1. The van der Waals surface area contributed by atoms with Crippen molar-refractivity contribution in [1.29, 1.82) is 5.26 Å². The van der Waals surface area contributed by atoms with Crippen molar-refractivity contribution in [2.24, 2.45) is 11.1 Å². The van der Waals surface area contributed by atoms with E-state index in [0.29, 0.717) is 19.5 Å². The van der Waals surface area contributed by atoms with Crippen LogP contribution in [0.15, 0.2) is 18.2 Å². The van der Waals surface area contributed by atoms with Crippen molar-refractivity contribution < 1.29 is 4.79 Å². The number of benzene rings is 1. The van der Waals surface area contributed by atoms with Crippen LogP contribution in [-0.4, -0.2) is 12.5 Å². The molecule has 3 rings (SSSR count). The van der Waals surface area contributed by atoms with Gasteiger partial charge in [0.25, 0.3) is 0 Å². The van der Waals surface area contributed by atoms with Crippen LogP contribution in [0.2, 0.25) is 0 Å². The van der Waals surface area contributed by atoms with E-state index in [4.69, 9.17) is 5.73 Å². The first kappa shape index (κ1) is 12.2. The van der Waals surface area contributed by atoms with Crippen LogP contribution < -0.4 is 10.6 Å². The summed E-state index contributed by atoms with van der Waals surface area (Å²) < 4.78 is 0. The van der Waals surface area contributed by atoms with E-state index in [9.17, 15) is 10.1 Å². The zero-order valence-corrected chi connectivity index (χ0v) is 10.9. The van der Waals surface area contributed by atoms with Crippen LogP contribution in [0.25, 0.3) is 0 Å². The molecule has 2 N–H and O–H groups in total. The van der Waals surface area contributed by atoms with Crippen molar-refractivity contribution in [3.63, 3.8) is 0 Å². The van der Waals surface area contributed by atoms with Crippen LogP contribution in [0.5, 0.6) is 0 Å². The second-order valence-electron chi connectivity index (χ2n) is 5.54. The molecule has 4 nitrogen and oxygen atoms in total. The van der Waals surface area contributed by atoms with Crippen molar-refractivity contribution in [3.05, 3.63) is 29.3 Å². The number of nitrogens with two attached hydrogens (primary N) is 1. The molecule has 1 saturated carbocycles. The third kappa shape index (κ3) is 2.11. The Morgan fingerprint density at radius 2 is 2.16 bits per heavy atom. The summed E-state index contributed by atoms with van der Waals surface area (Å²) in [6.07, 6.45) is 3.12. The molecule has 0 atom stereocenters. The minimum absolute atomic E-state index is 0.134. The Bertz CT molecular complexity index is 569. The van der Waals surface area contributed by atoms with E-state index in [1.807, 2.05) is 12.1 Å². The maximum absolute atomic E-state index is 12.1. The van der Waals surface area contributed by atoms with Gasteiger partial charge >= 0.3 is 0 Å². The normalized spacial score (nSPS) is 19.8. The maximum atomic E-state index is 12.1. The number of amides is 1. The largest absolute Gasteiger partial charge is 0.326 e. The summed E-state index contributed by atoms with van der Waals surface area (Å²) in [4.78, 5) is 13.9. The van der Waals surface area contributed by atoms with Crippen LogP contribution >= 0.6 is 0 Å². The summed E-state index contributed by atoms with van der Waals surface area (Å²) in [5, 5.41) is 9.20. The SMILES string of the molecule is N#CC1(CN2C(=O)CCc3cc(CN)ccc32)CC1. The third-order valence-electron chi connectivity index (χ3n) is 4.13. The highest BCUT2D eigenvalue weighted by Crippen LogP contribution is 2.47. The van der Waals surface area contributed by atoms with Crippen LogP contribution in [-0.2, 0) is 17.8 Å². The van der Waals surface area contributed by atoms with Gasteiger partial charge in [0.05, 0.1) is 11.5 Å². The molecule has 1 amide bonds. The molecule has 1 aliphatic heterocycles. The molecule has 0 saturated heterocycles. The molecule has 4 heteroatoms. The van der Waals surface area contributed by atoms with Crippen LogP contribution in [0.1, 0.15) is 30.4 Å². The van der Waals surface area contributed by atoms with Crippen molar-refractivity contribution >= 4 is 11.6 Å². The summed E-state index contributed by atoms with van der Waals surface area (Å²) in [5.41, 5.74) is 8.60. The second-order valence-corrected chi connectivity index (χ2v) is 5.54. The fourth-order valence-electron chi connectivity index (χ4n) is 2.67. The van der Waals surface area contributed by atoms with Crippen molar-refractivity contribution in [2.45, 2.75) is 32.2 Å². The van der Waals surface area contributed by atoms with E-state index in [2.05, 4.69) is 12.1 Å². The van der Waals surface area contributed by atoms with Gasteiger partial charge in [-0.25, -0.2) is 0 Å². The van der Waals surface area contributed by atoms with Gasteiger partial charge in [0, 0.05) is 25.2 Å². The highest BCUT2D eigenvalue weighted by atomic mass is 16.2. The van der Waals surface area contributed by atoms with Crippen molar-refractivity contribution in [2.75, 3.05) is 11.4 Å². The molecule has 0 aromatic heterocycles. The van der Waals surface area contributed by atoms with Crippen molar-refractivity contribution in [1.82, 2.24) is 0 Å². The fourth-order valence-corrected chi connectivity index (χ4v) is 2.67. The number of hydrogen-bond acceptors (Lipinski definition) is 3. The smallest absolute Gasteiger partial charge is 0.227 e. The van der Waals surface area contributed by atoms with E-state index >= 15 is 0 Å². The third-order valence-corrected chi connectivity index (χ3v) is 4.13. The average Bonchev–Trinajstić information content (AvgIpc) is 3.22. The van der Waals surface area contributed by atoms with E-state index in [0.717, 1.165) is 30.5 Å². The molecule has 1 aliphatic carbocycles. The molecule has 19 heavy (non-hydrogen) atoms. The first-order valence-electron chi connectivity index (χ1n) is 6.71. The van der Waals surface area contributed by atoms with E-state index in [1.165, 1.54) is 5.56 Å². The average molecular weight is 255 g/mol. The van der Waals surface area contributed by atoms with Gasteiger partial charge in [-0.15, -0.1) is 0 Å². The van der Waals surface area contributed by atoms with E-state index in [1.54, 1.807) is 4.90 Å². The predicted octanol–water partition coefficient (Wildman–Crippen LogP) is 1.73.